The molecular weight excluding hydrogens is 478 g/mol. The topological polar surface area (TPSA) is 55.4 Å². The molecule has 0 bridgehead atoms. The molecule has 2 aliphatic rings. The molecule has 2 atom stereocenters. The first-order valence-electron chi connectivity index (χ1n) is 11.7. The monoisotopic (exact) mass is 503 g/mol. The van der Waals surface area contributed by atoms with E-state index in [0.717, 1.165) is 28.9 Å². The smallest absolute Gasteiger partial charge is 0.336 e. The van der Waals surface area contributed by atoms with E-state index in [-0.39, 0.29) is 18.3 Å². The fourth-order valence-corrected chi connectivity index (χ4v) is 5.96. The number of thiophene rings is 1. The van der Waals surface area contributed by atoms with E-state index in [0.29, 0.717) is 29.0 Å². The van der Waals surface area contributed by atoms with Gasteiger partial charge in [-0.25, -0.2) is 4.79 Å². The summed E-state index contributed by atoms with van der Waals surface area (Å²) in [5.74, 6) is -0.666. The Morgan fingerprint density at radius 1 is 1.06 bits per heavy atom. The summed E-state index contributed by atoms with van der Waals surface area (Å²) in [6, 6.07) is 21.4. The maximum atomic E-state index is 13.6. The fraction of sp³-hybridized carbons (Fsp3) is 0.241. The third kappa shape index (κ3) is 4.97. The van der Waals surface area contributed by atoms with Gasteiger partial charge < -0.3 is 10.1 Å². The minimum Gasteiger partial charge on any atom is -0.462 e. The number of nitrogens with one attached hydrogen (secondary N) is 1. The van der Waals surface area contributed by atoms with Crippen molar-refractivity contribution in [1.82, 2.24) is 5.32 Å². The average Bonchev–Trinajstić information content (AvgIpc) is 3.39. The maximum absolute atomic E-state index is 13.6. The van der Waals surface area contributed by atoms with E-state index in [9.17, 15) is 9.59 Å². The molecule has 178 valence electrons. The molecule has 2 heterocycles. The van der Waals surface area contributed by atoms with E-state index in [1.54, 1.807) is 23.5 Å². The largest absolute Gasteiger partial charge is 0.462 e. The first-order chi connectivity index (χ1) is 17.0. The lowest BCUT2D eigenvalue weighted by Gasteiger charge is -2.36. The first kappa shape index (κ1) is 23.6. The Morgan fingerprint density at radius 3 is 2.54 bits per heavy atom. The Bertz CT molecular complexity index is 1290. The van der Waals surface area contributed by atoms with Crippen molar-refractivity contribution in [3.05, 3.63) is 116 Å². The van der Waals surface area contributed by atoms with E-state index >= 15 is 0 Å². The molecule has 0 fully saturated rings. The maximum Gasteiger partial charge on any atom is 0.336 e. The van der Waals surface area contributed by atoms with Gasteiger partial charge in [-0.05, 0) is 48.1 Å². The number of halogens is 1. The highest BCUT2D eigenvalue weighted by atomic mass is 35.5. The molecule has 2 unspecified atom stereocenters. The molecule has 4 nitrogen and oxygen atoms in total. The Kier molecular flexibility index (Phi) is 6.89. The summed E-state index contributed by atoms with van der Waals surface area (Å²) < 4.78 is 5.73. The fourth-order valence-electron chi connectivity index (χ4n) is 5.01. The van der Waals surface area contributed by atoms with E-state index in [1.807, 2.05) is 60.8 Å². The van der Waals surface area contributed by atoms with E-state index in [1.165, 1.54) is 4.88 Å². The molecular formula is C29H26ClNO3S. The highest BCUT2D eigenvalue weighted by Crippen LogP contribution is 2.46. The summed E-state index contributed by atoms with van der Waals surface area (Å²) in [5, 5.41) is 6.06. The third-order valence-electron chi connectivity index (χ3n) is 6.66. The van der Waals surface area contributed by atoms with Crippen LogP contribution in [0.4, 0.5) is 0 Å². The Morgan fingerprint density at radius 2 is 1.83 bits per heavy atom. The van der Waals surface area contributed by atoms with Gasteiger partial charge in [0.2, 0.25) is 0 Å². The van der Waals surface area contributed by atoms with Crippen LogP contribution in [0.3, 0.4) is 0 Å². The van der Waals surface area contributed by atoms with Crippen molar-refractivity contribution in [2.24, 2.45) is 0 Å². The lowest BCUT2D eigenvalue weighted by atomic mass is 9.72. The second-order valence-corrected chi connectivity index (χ2v) is 10.4. The average molecular weight is 504 g/mol. The molecule has 0 amide bonds. The molecule has 0 saturated carbocycles. The van der Waals surface area contributed by atoms with Crippen molar-refractivity contribution >= 4 is 34.7 Å². The van der Waals surface area contributed by atoms with Crippen molar-refractivity contribution in [1.29, 1.82) is 0 Å². The first-order valence-corrected chi connectivity index (χ1v) is 13.0. The predicted octanol–water partition coefficient (Wildman–Crippen LogP) is 6.55. The summed E-state index contributed by atoms with van der Waals surface area (Å²) in [6.45, 7) is 2.16. The number of rotatable bonds is 6. The van der Waals surface area contributed by atoms with Crippen LogP contribution in [0.25, 0.3) is 0 Å². The van der Waals surface area contributed by atoms with Crippen LogP contribution >= 0.6 is 22.9 Å². The zero-order chi connectivity index (χ0) is 24.4. The molecule has 0 radical (unpaired) electrons. The second-order valence-electron chi connectivity index (χ2n) is 8.96. The molecule has 1 aliphatic heterocycles. The van der Waals surface area contributed by atoms with Crippen molar-refractivity contribution < 1.29 is 14.3 Å². The van der Waals surface area contributed by atoms with Crippen molar-refractivity contribution in [3.8, 4) is 0 Å². The number of esters is 1. The molecule has 1 N–H and O–H groups in total. The van der Waals surface area contributed by atoms with E-state index in [2.05, 4.69) is 11.4 Å². The quantitative estimate of drug-likeness (QED) is 0.387. The van der Waals surface area contributed by atoms with Crippen molar-refractivity contribution in [2.45, 2.75) is 38.0 Å². The number of hydrogen-bond acceptors (Lipinski definition) is 5. The van der Waals surface area contributed by atoms with Gasteiger partial charge in [0.15, 0.2) is 5.78 Å². The predicted molar refractivity (Wildman–Crippen MR) is 139 cm³/mol. The van der Waals surface area contributed by atoms with E-state index < -0.39 is 11.9 Å². The Labute approximate surface area is 214 Å². The van der Waals surface area contributed by atoms with Crippen LogP contribution in [-0.4, -0.2) is 18.4 Å². The molecule has 0 spiro atoms. The zero-order valence-electron chi connectivity index (χ0n) is 19.4. The number of dihydropyridines is 1. The van der Waals surface area contributed by atoms with Gasteiger partial charge in [0.05, 0.1) is 12.2 Å². The highest BCUT2D eigenvalue weighted by Gasteiger charge is 2.41. The van der Waals surface area contributed by atoms with Gasteiger partial charge in [-0.15, -0.1) is 11.3 Å². The number of hydrogen-bond donors (Lipinski definition) is 1. The highest BCUT2D eigenvalue weighted by molar-refractivity contribution is 7.10. The summed E-state index contributed by atoms with van der Waals surface area (Å²) in [7, 11) is 0. The van der Waals surface area contributed by atoms with Gasteiger partial charge in [-0.2, -0.15) is 0 Å². The number of ether oxygens (including phenoxy) is 1. The second kappa shape index (κ2) is 10.2. The van der Waals surface area contributed by atoms with Crippen LogP contribution in [0.2, 0.25) is 5.02 Å². The molecule has 3 aromatic rings. The summed E-state index contributed by atoms with van der Waals surface area (Å²) >= 11 is 7.83. The van der Waals surface area contributed by atoms with E-state index in [4.69, 9.17) is 16.3 Å². The minimum atomic E-state index is -0.482. The van der Waals surface area contributed by atoms with Gasteiger partial charge in [0.1, 0.15) is 0 Å². The molecule has 2 aromatic carbocycles. The van der Waals surface area contributed by atoms with Crippen molar-refractivity contribution in [2.75, 3.05) is 6.61 Å². The zero-order valence-corrected chi connectivity index (χ0v) is 21.0. The van der Waals surface area contributed by atoms with Gasteiger partial charge in [0, 0.05) is 51.5 Å². The molecule has 6 heteroatoms. The number of allylic oxidation sites excluding steroid dienone is 3. The molecule has 0 saturated heterocycles. The lowest BCUT2D eigenvalue weighted by Crippen LogP contribution is -2.36. The Hall–Kier alpha value is -3.15. The van der Waals surface area contributed by atoms with Gasteiger partial charge >= 0.3 is 5.97 Å². The Balaban J connectivity index is 1.46. The van der Waals surface area contributed by atoms with Crippen LogP contribution < -0.4 is 5.32 Å². The number of carbonyl (C=O) groups is 2. The van der Waals surface area contributed by atoms with Gasteiger partial charge in [0.25, 0.3) is 0 Å². The molecule has 1 aliphatic carbocycles. The SMILES string of the molecule is CC1=C(C(=O)OCCc2ccccc2)C(c2ccc(Cl)cc2)C2=C(CC(c3cccs3)CC2=O)N1. The molecule has 1 aromatic heterocycles. The summed E-state index contributed by atoms with van der Waals surface area (Å²) in [6.07, 6.45) is 1.80. The van der Waals surface area contributed by atoms with Crippen LogP contribution in [0, 0.1) is 0 Å². The van der Waals surface area contributed by atoms with Crippen molar-refractivity contribution in [3.63, 3.8) is 0 Å². The standard InChI is InChI=1S/C29H26ClNO3S/c1-18-26(29(33)34-14-13-19-6-3-2-4-7-19)27(20-9-11-22(30)12-10-20)28-23(31-18)16-21(17-24(28)32)25-8-5-15-35-25/h2-12,15,21,27,31H,13-14,16-17H2,1H3. The molecule has 5 rings (SSSR count). The third-order valence-corrected chi connectivity index (χ3v) is 7.95. The van der Waals surface area contributed by atoms with Crippen LogP contribution in [0.15, 0.2) is 94.7 Å². The minimum absolute atomic E-state index is 0.0687. The van der Waals surface area contributed by atoms with Crippen LogP contribution in [-0.2, 0) is 20.7 Å². The lowest BCUT2D eigenvalue weighted by molar-refractivity contribution is -0.139. The normalized spacial score (nSPS) is 19.9. The van der Waals surface area contributed by atoms with Gasteiger partial charge in [-0.3, -0.25) is 4.79 Å². The number of carbonyl (C=O) groups excluding carboxylic acids is 2. The van der Waals surface area contributed by atoms with Crippen LogP contribution in [0.1, 0.15) is 47.6 Å². The number of Topliss-reactive ketones (excluding diaryl/α,β-unsaturated/α-hetero) is 1. The number of benzene rings is 2. The van der Waals surface area contributed by atoms with Gasteiger partial charge in [-0.1, -0.05) is 60.1 Å². The summed E-state index contributed by atoms with van der Waals surface area (Å²) in [4.78, 5) is 28.2. The van der Waals surface area contributed by atoms with Crippen LogP contribution in [0.5, 0.6) is 0 Å². The summed E-state index contributed by atoms with van der Waals surface area (Å²) in [5.41, 5.74) is 4.75. The number of ketones is 1. The molecule has 35 heavy (non-hydrogen) atoms.